The molecular formula is C17H26Cl3N. The lowest BCUT2D eigenvalue weighted by Gasteiger charge is -2.39. The summed E-state index contributed by atoms with van der Waals surface area (Å²) in [6.07, 6.45) is 5.15. The Bertz CT molecular complexity index is 448. The zero-order valence-electron chi connectivity index (χ0n) is 13.1. The third-order valence-electron chi connectivity index (χ3n) is 4.39. The van der Waals surface area contributed by atoms with Gasteiger partial charge in [-0.3, -0.25) is 0 Å². The van der Waals surface area contributed by atoms with Crippen molar-refractivity contribution in [1.82, 2.24) is 4.90 Å². The number of benzene rings is 1. The van der Waals surface area contributed by atoms with E-state index in [1.807, 2.05) is 6.07 Å². The van der Waals surface area contributed by atoms with Gasteiger partial charge < -0.3 is 4.90 Å². The summed E-state index contributed by atoms with van der Waals surface area (Å²) in [5, 5.41) is 1.33. The zero-order chi connectivity index (χ0) is 14.7. The predicted octanol–water partition coefficient (Wildman–Crippen LogP) is 6.03. The average molecular weight is 351 g/mol. The summed E-state index contributed by atoms with van der Waals surface area (Å²) in [5.41, 5.74) is 1.34. The largest absolute Gasteiger partial charge is 0.303 e. The van der Waals surface area contributed by atoms with Gasteiger partial charge in [0, 0.05) is 6.04 Å². The number of likely N-dealkylation sites (N-methyl/N-ethyl adjacent to an activating group) is 1. The van der Waals surface area contributed by atoms with Crippen LogP contribution in [0.25, 0.3) is 0 Å². The fraction of sp³-hybridized carbons (Fsp3) is 0.647. The van der Waals surface area contributed by atoms with Gasteiger partial charge in [0.1, 0.15) is 0 Å². The molecule has 0 aliphatic carbocycles. The Kier molecular flexibility index (Phi) is 7.84. The highest BCUT2D eigenvalue weighted by Crippen LogP contribution is 2.36. The topological polar surface area (TPSA) is 3.24 Å². The van der Waals surface area contributed by atoms with Gasteiger partial charge in [0.25, 0.3) is 0 Å². The number of hydrogen-bond donors (Lipinski definition) is 0. The lowest BCUT2D eigenvalue weighted by Crippen LogP contribution is -2.40. The van der Waals surface area contributed by atoms with Gasteiger partial charge >= 0.3 is 0 Å². The van der Waals surface area contributed by atoms with E-state index in [1.54, 1.807) is 0 Å². The quantitative estimate of drug-likeness (QED) is 0.641. The first-order chi connectivity index (χ1) is 9.49. The maximum atomic E-state index is 6.22. The molecule has 1 fully saturated rings. The highest BCUT2D eigenvalue weighted by atomic mass is 35.5. The predicted molar refractivity (Wildman–Crippen MR) is 96.2 cm³/mol. The third kappa shape index (κ3) is 5.03. The number of halogens is 3. The van der Waals surface area contributed by atoms with Crippen molar-refractivity contribution in [2.45, 2.75) is 51.5 Å². The molecule has 1 aliphatic rings. The molecule has 4 heteroatoms. The Balaban J connectivity index is 0.00000220. The Hall–Kier alpha value is 0.0500. The van der Waals surface area contributed by atoms with E-state index < -0.39 is 0 Å². The van der Waals surface area contributed by atoms with Gasteiger partial charge in [-0.15, -0.1) is 12.4 Å². The highest BCUT2D eigenvalue weighted by Gasteiger charge is 2.29. The van der Waals surface area contributed by atoms with Crippen molar-refractivity contribution in [2.24, 2.45) is 5.92 Å². The Morgan fingerprint density at radius 2 is 1.90 bits per heavy atom. The number of piperidine rings is 1. The van der Waals surface area contributed by atoms with Crippen LogP contribution in [0.2, 0.25) is 10.0 Å². The highest BCUT2D eigenvalue weighted by molar-refractivity contribution is 6.42. The summed E-state index contributed by atoms with van der Waals surface area (Å²) < 4.78 is 0. The summed E-state index contributed by atoms with van der Waals surface area (Å²) in [6, 6.07) is 6.79. The molecule has 2 rings (SSSR count). The molecule has 2 atom stereocenters. The van der Waals surface area contributed by atoms with Crippen molar-refractivity contribution in [3.63, 3.8) is 0 Å². The number of likely N-dealkylation sites (tertiary alicyclic amines) is 1. The molecule has 0 radical (unpaired) electrons. The maximum absolute atomic E-state index is 6.22. The van der Waals surface area contributed by atoms with Crippen LogP contribution < -0.4 is 0 Å². The maximum Gasteiger partial charge on any atom is 0.0595 e. The summed E-state index contributed by atoms with van der Waals surface area (Å²) in [7, 11) is 2.26. The molecule has 21 heavy (non-hydrogen) atoms. The van der Waals surface area contributed by atoms with Crippen LogP contribution in [0.3, 0.4) is 0 Å². The second kappa shape index (κ2) is 8.62. The molecule has 1 nitrogen and oxygen atoms in total. The molecule has 0 saturated carbocycles. The molecule has 1 aromatic rings. The van der Waals surface area contributed by atoms with E-state index in [0.717, 1.165) is 0 Å². The van der Waals surface area contributed by atoms with E-state index in [1.165, 1.54) is 37.8 Å². The normalized spacial score (nSPS) is 21.1. The fourth-order valence-corrected chi connectivity index (χ4v) is 3.68. The van der Waals surface area contributed by atoms with Gasteiger partial charge in [-0.2, -0.15) is 0 Å². The Morgan fingerprint density at radius 1 is 1.19 bits per heavy atom. The standard InChI is InChI=1S/C17H25Cl2N.ClH/c1-12(2)10-14(17-6-4-5-9-20(17)3)13-7-8-15(18)16(19)11-13;/h7-8,11-12,14,17H,4-6,9-10H2,1-3H3;1H. The molecule has 1 heterocycles. The molecule has 0 aromatic heterocycles. The minimum Gasteiger partial charge on any atom is -0.303 e. The van der Waals surface area contributed by atoms with Gasteiger partial charge in [0.15, 0.2) is 0 Å². The van der Waals surface area contributed by atoms with Gasteiger partial charge in [0.05, 0.1) is 10.0 Å². The van der Waals surface area contributed by atoms with E-state index in [9.17, 15) is 0 Å². The van der Waals surface area contributed by atoms with E-state index in [0.29, 0.717) is 27.9 Å². The Morgan fingerprint density at radius 3 is 2.48 bits per heavy atom. The first-order valence-corrected chi connectivity index (χ1v) is 8.40. The molecule has 1 aliphatic heterocycles. The summed E-state index contributed by atoms with van der Waals surface area (Å²) >= 11 is 12.3. The smallest absolute Gasteiger partial charge is 0.0595 e. The van der Waals surface area contributed by atoms with Crippen LogP contribution in [0.15, 0.2) is 18.2 Å². The van der Waals surface area contributed by atoms with Crippen molar-refractivity contribution >= 4 is 35.6 Å². The van der Waals surface area contributed by atoms with Crippen LogP contribution in [-0.2, 0) is 0 Å². The van der Waals surface area contributed by atoms with E-state index in [-0.39, 0.29) is 12.4 Å². The van der Waals surface area contributed by atoms with Gasteiger partial charge in [-0.1, -0.05) is 49.5 Å². The SMILES string of the molecule is CC(C)CC(c1ccc(Cl)c(Cl)c1)C1CCCCN1C.Cl. The van der Waals surface area contributed by atoms with Gasteiger partial charge in [0.2, 0.25) is 0 Å². The monoisotopic (exact) mass is 349 g/mol. The first kappa shape index (κ1) is 19.1. The van der Waals surface area contributed by atoms with E-state index >= 15 is 0 Å². The van der Waals surface area contributed by atoms with Crippen LogP contribution in [0.4, 0.5) is 0 Å². The van der Waals surface area contributed by atoms with Crippen LogP contribution in [-0.4, -0.2) is 24.5 Å². The first-order valence-electron chi connectivity index (χ1n) is 7.64. The third-order valence-corrected chi connectivity index (χ3v) is 5.13. The second-order valence-electron chi connectivity index (χ2n) is 6.45. The zero-order valence-corrected chi connectivity index (χ0v) is 15.4. The van der Waals surface area contributed by atoms with Crippen molar-refractivity contribution < 1.29 is 0 Å². The summed E-state index contributed by atoms with van der Waals surface area (Å²) in [4.78, 5) is 2.53. The lowest BCUT2D eigenvalue weighted by atomic mass is 9.80. The van der Waals surface area contributed by atoms with E-state index in [2.05, 4.69) is 37.9 Å². The lowest BCUT2D eigenvalue weighted by molar-refractivity contribution is 0.149. The summed E-state index contributed by atoms with van der Waals surface area (Å²) in [6.45, 7) is 5.81. The second-order valence-corrected chi connectivity index (χ2v) is 7.27. The minimum absolute atomic E-state index is 0. The molecule has 0 amide bonds. The minimum atomic E-state index is 0. The average Bonchev–Trinajstić information content (AvgIpc) is 2.40. The molecular weight excluding hydrogens is 325 g/mol. The number of rotatable bonds is 4. The molecule has 0 spiro atoms. The number of nitrogens with zero attached hydrogens (tertiary/aromatic N) is 1. The molecule has 0 bridgehead atoms. The molecule has 1 saturated heterocycles. The van der Waals surface area contributed by atoms with E-state index in [4.69, 9.17) is 23.2 Å². The Labute approximate surface area is 145 Å². The van der Waals surface area contributed by atoms with Gasteiger partial charge in [-0.25, -0.2) is 0 Å². The fourth-order valence-electron chi connectivity index (χ4n) is 3.38. The summed E-state index contributed by atoms with van der Waals surface area (Å²) in [5.74, 6) is 1.24. The van der Waals surface area contributed by atoms with Crippen LogP contribution in [0, 0.1) is 5.92 Å². The van der Waals surface area contributed by atoms with Crippen molar-refractivity contribution in [2.75, 3.05) is 13.6 Å². The molecule has 0 N–H and O–H groups in total. The number of hydrogen-bond acceptors (Lipinski definition) is 1. The van der Waals surface area contributed by atoms with Crippen molar-refractivity contribution in [3.8, 4) is 0 Å². The van der Waals surface area contributed by atoms with Gasteiger partial charge in [-0.05, 0) is 62.4 Å². The van der Waals surface area contributed by atoms with Crippen molar-refractivity contribution in [1.29, 1.82) is 0 Å². The molecule has 2 unspecified atom stereocenters. The molecule has 1 aromatic carbocycles. The van der Waals surface area contributed by atoms with Crippen LogP contribution in [0.1, 0.15) is 51.0 Å². The van der Waals surface area contributed by atoms with Crippen LogP contribution >= 0.6 is 35.6 Å². The molecule has 120 valence electrons. The van der Waals surface area contributed by atoms with Crippen molar-refractivity contribution in [3.05, 3.63) is 33.8 Å². The van der Waals surface area contributed by atoms with Crippen LogP contribution in [0.5, 0.6) is 0 Å².